The fourth-order valence-electron chi connectivity index (χ4n) is 1.01. The van der Waals surface area contributed by atoms with E-state index in [0.29, 0.717) is 5.17 Å². The molecule has 16 heavy (non-hydrogen) atoms. The summed E-state index contributed by atoms with van der Waals surface area (Å²) < 4.78 is 24.6. The van der Waals surface area contributed by atoms with Crippen LogP contribution in [0.3, 0.4) is 0 Å². The van der Waals surface area contributed by atoms with Crippen molar-refractivity contribution in [2.75, 3.05) is 19.1 Å². The average Bonchev–Trinajstić information content (AvgIpc) is 2.08. The molecule has 0 saturated carbocycles. The Bertz CT molecular complexity index is 395. The van der Waals surface area contributed by atoms with Crippen LogP contribution in [0.2, 0.25) is 0 Å². The number of hydrogen-bond donors (Lipinski definition) is 2. The SMILES string of the molecule is CSC(=NCC(C)(C)NS(C)(=O)=O)NC#N. The van der Waals surface area contributed by atoms with Crippen LogP contribution in [-0.4, -0.2) is 38.2 Å². The highest BCUT2D eigenvalue weighted by Crippen LogP contribution is 2.06. The summed E-state index contributed by atoms with van der Waals surface area (Å²) in [6.07, 6.45) is 4.64. The highest BCUT2D eigenvalue weighted by atomic mass is 32.2. The van der Waals surface area contributed by atoms with Crippen LogP contribution in [0.25, 0.3) is 0 Å². The number of nitrogens with zero attached hydrogens (tertiary/aromatic N) is 2. The monoisotopic (exact) mass is 264 g/mol. The Kier molecular flexibility index (Phi) is 5.78. The largest absolute Gasteiger partial charge is 0.272 e. The smallest absolute Gasteiger partial charge is 0.209 e. The van der Waals surface area contributed by atoms with E-state index in [1.807, 2.05) is 0 Å². The van der Waals surface area contributed by atoms with Crippen LogP contribution in [-0.2, 0) is 10.0 Å². The number of aliphatic imine (C=N–C) groups is 1. The maximum atomic E-state index is 11.1. The summed E-state index contributed by atoms with van der Waals surface area (Å²) in [4.78, 5) is 4.11. The standard InChI is InChI=1S/C8H16N4O2S2/c1-8(2,12-16(4,13)14)5-10-7(15-3)11-6-9/h12H,5H2,1-4H3,(H,10,11). The van der Waals surface area contributed by atoms with E-state index in [-0.39, 0.29) is 6.54 Å². The topological polar surface area (TPSA) is 94.3 Å². The zero-order valence-corrected chi connectivity index (χ0v) is 11.4. The van der Waals surface area contributed by atoms with E-state index < -0.39 is 15.6 Å². The third-order valence-corrected chi connectivity index (χ3v) is 2.98. The Morgan fingerprint density at radius 3 is 2.50 bits per heavy atom. The summed E-state index contributed by atoms with van der Waals surface area (Å²) in [5.41, 5.74) is -0.675. The van der Waals surface area contributed by atoms with Gasteiger partial charge in [0, 0.05) is 5.54 Å². The molecule has 0 aliphatic heterocycles. The second-order valence-corrected chi connectivity index (χ2v) is 6.36. The van der Waals surface area contributed by atoms with Gasteiger partial charge in [-0.05, 0) is 20.1 Å². The third kappa shape index (κ3) is 7.50. The quantitative estimate of drug-likeness (QED) is 0.325. The lowest BCUT2D eigenvalue weighted by atomic mass is 10.1. The van der Waals surface area contributed by atoms with Crippen LogP contribution < -0.4 is 10.0 Å². The van der Waals surface area contributed by atoms with E-state index >= 15 is 0 Å². The molecule has 0 aromatic rings. The minimum atomic E-state index is -3.26. The molecule has 0 saturated heterocycles. The van der Waals surface area contributed by atoms with Gasteiger partial charge in [-0.15, -0.1) is 0 Å². The lowest BCUT2D eigenvalue weighted by Crippen LogP contribution is -2.45. The molecule has 0 heterocycles. The van der Waals surface area contributed by atoms with E-state index in [0.717, 1.165) is 6.26 Å². The number of amidine groups is 1. The predicted octanol–water partition coefficient (Wildman–Crippen LogP) is 0.104. The normalized spacial score (nSPS) is 13.3. The summed E-state index contributed by atoms with van der Waals surface area (Å²) in [6.45, 7) is 3.70. The van der Waals surface area contributed by atoms with Crippen molar-refractivity contribution in [3.8, 4) is 6.19 Å². The molecule has 0 radical (unpaired) electrons. The van der Waals surface area contributed by atoms with Crippen LogP contribution in [0.1, 0.15) is 13.8 Å². The fourth-order valence-corrected chi connectivity index (χ4v) is 2.42. The van der Waals surface area contributed by atoms with Crippen molar-refractivity contribution in [3.63, 3.8) is 0 Å². The molecule has 0 bridgehead atoms. The van der Waals surface area contributed by atoms with E-state index in [1.54, 1.807) is 26.3 Å². The fraction of sp³-hybridized carbons (Fsp3) is 0.750. The van der Waals surface area contributed by atoms with Crippen molar-refractivity contribution >= 4 is 27.0 Å². The van der Waals surface area contributed by atoms with Crippen molar-refractivity contribution in [1.82, 2.24) is 10.0 Å². The molecule has 0 rings (SSSR count). The Morgan fingerprint density at radius 1 is 1.56 bits per heavy atom. The van der Waals surface area contributed by atoms with Crippen LogP contribution in [0.4, 0.5) is 0 Å². The number of sulfonamides is 1. The maximum Gasteiger partial charge on any atom is 0.209 e. The van der Waals surface area contributed by atoms with Gasteiger partial charge in [-0.3, -0.25) is 10.3 Å². The van der Waals surface area contributed by atoms with E-state index in [2.05, 4.69) is 15.0 Å². The Labute approximate surface area is 101 Å². The lowest BCUT2D eigenvalue weighted by Gasteiger charge is -2.22. The molecular formula is C8H16N4O2S2. The van der Waals surface area contributed by atoms with Crippen LogP contribution >= 0.6 is 11.8 Å². The molecule has 0 aliphatic rings. The summed E-state index contributed by atoms with van der Waals surface area (Å²) in [5.74, 6) is 0. The number of hydrogen-bond acceptors (Lipinski definition) is 5. The first-order valence-electron chi connectivity index (χ1n) is 4.43. The van der Waals surface area contributed by atoms with Gasteiger partial charge in [-0.1, -0.05) is 11.8 Å². The first-order valence-corrected chi connectivity index (χ1v) is 7.54. The van der Waals surface area contributed by atoms with Gasteiger partial charge in [0.25, 0.3) is 0 Å². The first kappa shape index (κ1) is 15.2. The summed E-state index contributed by atoms with van der Waals surface area (Å²) in [7, 11) is -3.26. The molecule has 0 unspecified atom stereocenters. The Balaban J connectivity index is 4.54. The molecule has 92 valence electrons. The number of nitrogens with one attached hydrogen (secondary N) is 2. The average molecular weight is 264 g/mol. The van der Waals surface area contributed by atoms with Gasteiger partial charge in [0.15, 0.2) is 11.4 Å². The minimum Gasteiger partial charge on any atom is -0.272 e. The van der Waals surface area contributed by atoms with E-state index in [9.17, 15) is 8.42 Å². The third-order valence-electron chi connectivity index (χ3n) is 1.44. The Hall–Kier alpha value is -0.780. The van der Waals surface area contributed by atoms with Crippen molar-refractivity contribution in [3.05, 3.63) is 0 Å². The first-order chi connectivity index (χ1) is 7.20. The van der Waals surface area contributed by atoms with Gasteiger partial charge in [-0.2, -0.15) is 5.26 Å². The van der Waals surface area contributed by atoms with Gasteiger partial charge in [-0.25, -0.2) is 13.1 Å². The number of nitriles is 1. The van der Waals surface area contributed by atoms with Gasteiger partial charge in [0.2, 0.25) is 10.0 Å². The zero-order chi connectivity index (χ0) is 12.8. The molecule has 6 nitrogen and oxygen atoms in total. The molecule has 2 N–H and O–H groups in total. The molecular weight excluding hydrogens is 248 g/mol. The zero-order valence-electron chi connectivity index (χ0n) is 9.73. The Morgan fingerprint density at radius 2 is 2.12 bits per heavy atom. The summed E-state index contributed by atoms with van der Waals surface area (Å²) in [6, 6.07) is 0. The molecule has 8 heteroatoms. The maximum absolute atomic E-state index is 11.1. The van der Waals surface area contributed by atoms with Gasteiger partial charge in [0.05, 0.1) is 12.8 Å². The van der Waals surface area contributed by atoms with Crippen LogP contribution in [0.15, 0.2) is 4.99 Å². The second-order valence-electron chi connectivity index (χ2n) is 3.82. The van der Waals surface area contributed by atoms with E-state index in [4.69, 9.17) is 5.26 Å². The minimum absolute atomic E-state index is 0.255. The predicted molar refractivity (Wildman–Crippen MR) is 66.6 cm³/mol. The summed E-state index contributed by atoms with van der Waals surface area (Å²) >= 11 is 1.29. The van der Waals surface area contributed by atoms with Gasteiger partial charge >= 0.3 is 0 Å². The summed E-state index contributed by atoms with van der Waals surface area (Å²) in [5, 5.41) is 11.3. The highest BCUT2D eigenvalue weighted by Gasteiger charge is 2.21. The van der Waals surface area contributed by atoms with Crippen molar-refractivity contribution in [1.29, 1.82) is 5.26 Å². The van der Waals surface area contributed by atoms with Gasteiger partial charge in [0.1, 0.15) is 0 Å². The molecule has 0 fully saturated rings. The highest BCUT2D eigenvalue weighted by molar-refractivity contribution is 8.13. The van der Waals surface area contributed by atoms with Crippen molar-refractivity contribution in [2.45, 2.75) is 19.4 Å². The molecule has 0 aliphatic carbocycles. The number of thioether (sulfide) groups is 1. The molecule has 0 spiro atoms. The molecule has 0 aromatic heterocycles. The van der Waals surface area contributed by atoms with Crippen LogP contribution in [0, 0.1) is 11.5 Å². The lowest BCUT2D eigenvalue weighted by molar-refractivity contribution is 0.466. The second kappa shape index (κ2) is 6.08. The molecule has 0 atom stereocenters. The van der Waals surface area contributed by atoms with Gasteiger partial charge < -0.3 is 0 Å². The van der Waals surface area contributed by atoms with Crippen molar-refractivity contribution in [2.24, 2.45) is 4.99 Å². The van der Waals surface area contributed by atoms with Crippen LogP contribution in [0.5, 0.6) is 0 Å². The molecule has 0 aromatic carbocycles. The van der Waals surface area contributed by atoms with E-state index in [1.165, 1.54) is 11.8 Å². The van der Waals surface area contributed by atoms with Crippen molar-refractivity contribution < 1.29 is 8.42 Å². The molecule has 0 amide bonds. The number of rotatable bonds is 4.